The number of hydrogen-bond donors (Lipinski definition) is 0. The summed E-state index contributed by atoms with van der Waals surface area (Å²) < 4.78 is 34.3. The summed E-state index contributed by atoms with van der Waals surface area (Å²) in [4.78, 5) is 36.5. The maximum absolute atomic E-state index is 12.1. The first-order valence-corrected chi connectivity index (χ1v) is 7.75. The summed E-state index contributed by atoms with van der Waals surface area (Å²) in [6.45, 7) is -3.23. The van der Waals surface area contributed by atoms with E-state index in [0.29, 0.717) is 5.56 Å². The van der Waals surface area contributed by atoms with Crippen molar-refractivity contribution in [2.75, 3.05) is 13.7 Å². The zero-order valence-corrected chi connectivity index (χ0v) is 14.6. The summed E-state index contributed by atoms with van der Waals surface area (Å²) in [5.74, 6) is -1.29. The van der Waals surface area contributed by atoms with Crippen LogP contribution in [0, 0.1) is 0 Å². The monoisotopic (exact) mass is 381 g/mol. The van der Waals surface area contributed by atoms with E-state index in [1.54, 1.807) is 12.1 Å². The summed E-state index contributed by atoms with van der Waals surface area (Å²) in [5.41, 5.74) is 0.202. The van der Waals surface area contributed by atoms with Gasteiger partial charge in [-0.15, -0.1) is 0 Å². The number of aryl methyl sites for hydroxylation is 1. The quantitative estimate of drug-likeness (QED) is 0.670. The second-order valence-corrected chi connectivity index (χ2v) is 5.53. The molecule has 0 saturated heterocycles. The molecule has 144 valence electrons. The normalized spacial score (nSPS) is 10.6. The molecule has 1 amide bonds. The molecule has 10 heteroatoms. The molecule has 0 unspecified atom stereocenters. The van der Waals surface area contributed by atoms with Crippen LogP contribution < -0.4 is 10.3 Å². The van der Waals surface area contributed by atoms with Crippen molar-refractivity contribution in [2.24, 2.45) is 7.05 Å². The van der Waals surface area contributed by atoms with E-state index in [4.69, 9.17) is 4.74 Å². The maximum atomic E-state index is 12.1. The van der Waals surface area contributed by atoms with Gasteiger partial charge in [-0.3, -0.25) is 9.59 Å². The van der Waals surface area contributed by atoms with Crippen molar-refractivity contribution >= 4 is 11.9 Å². The molecule has 0 radical (unpaired) electrons. The number of carbonyl (C=O) groups is 2. The Hall–Kier alpha value is -3.30. The number of ether oxygens (including phenoxy) is 2. The third-order valence-electron chi connectivity index (χ3n) is 3.49. The molecule has 0 aliphatic heterocycles. The maximum Gasteiger partial charge on any atom is 0.387 e. The molecule has 0 atom stereocenters. The van der Waals surface area contributed by atoms with Crippen LogP contribution in [0.1, 0.15) is 16.1 Å². The van der Waals surface area contributed by atoms with Gasteiger partial charge in [-0.05, 0) is 23.8 Å². The Morgan fingerprint density at radius 1 is 1.19 bits per heavy atom. The Kier molecular flexibility index (Phi) is 6.58. The van der Waals surface area contributed by atoms with Gasteiger partial charge in [0, 0.05) is 26.7 Å². The third kappa shape index (κ3) is 5.87. The molecule has 0 bridgehead atoms. The summed E-state index contributed by atoms with van der Waals surface area (Å²) in [6.07, 6.45) is 0. The van der Waals surface area contributed by atoms with E-state index in [0.717, 1.165) is 4.68 Å². The van der Waals surface area contributed by atoms with Gasteiger partial charge >= 0.3 is 12.6 Å². The van der Waals surface area contributed by atoms with E-state index < -0.39 is 25.1 Å². The number of rotatable bonds is 7. The SMILES string of the molecule is CN(Cc1ccc(OC(F)F)cc1)C(=O)COC(=O)c1ccc(=O)n(C)n1. The molecule has 0 saturated carbocycles. The summed E-state index contributed by atoms with van der Waals surface area (Å²) in [7, 11) is 2.89. The van der Waals surface area contributed by atoms with E-state index in [1.807, 2.05) is 0 Å². The highest BCUT2D eigenvalue weighted by Gasteiger charge is 2.15. The van der Waals surface area contributed by atoms with E-state index in [1.165, 1.54) is 43.3 Å². The van der Waals surface area contributed by atoms with Crippen LogP contribution in [0.2, 0.25) is 0 Å². The van der Waals surface area contributed by atoms with Gasteiger partial charge in [0.1, 0.15) is 5.75 Å². The first-order chi connectivity index (χ1) is 12.8. The van der Waals surface area contributed by atoms with Crippen LogP contribution in [0.15, 0.2) is 41.2 Å². The number of esters is 1. The first kappa shape index (κ1) is 20.0. The Bertz CT molecular complexity index is 868. The minimum absolute atomic E-state index is 0.0152. The number of alkyl halides is 2. The molecule has 0 fully saturated rings. The lowest BCUT2D eigenvalue weighted by Crippen LogP contribution is -2.31. The summed E-state index contributed by atoms with van der Waals surface area (Å²) in [5, 5.41) is 3.73. The van der Waals surface area contributed by atoms with Crippen molar-refractivity contribution in [2.45, 2.75) is 13.2 Å². The Labute approximate surface area is 152 Å². The number of amides is 1. The average molecular weight is 381 g/mol. The van der Waals surface area contributed by atoms with Gasteiger partial charge in [-0.25, -0.2) is 9.48 Å². The smallest absolute Gasteiger partial charge is 0.387 e. The fourth-order valence-corrected chi connectivity index (χ4v) is 2.06. The van der Waals surface area contributed by atoms with E-state index in [9.17, 15) is 23.2 Å². The minimum Gasteiger partial charge on any atom is -0.451 e. The van der Waals surface area contributed by atoms with Crippen LogP contribution in [0.25, 0.3) is 0 Å². The number of likely N-dealkylation sites (N-methyl/N-ethyl adjacent to an activating group) is 1. The van der Waals surface area contributed by atoms with Crippen molar-refractivity contribution in [1.82, 2.24) is 14.7 Å². The van der Waals surface area contributed by atoms with E-state index >= 15 is 0 Å². The molecular formula is C17H17F2N3O5. The van der Waals surface area contributed by atoms with Gasteiger partial charge < -0.3 is 14.4 Å². The molecule has 0 aliphatic rings. The predicted octanol–water partition coefficient (Wildman–Crippen LogP) is 1.20. The molecule has 1 aromatic carbocycles. The Morgan fingerprint density at radius 3 is 2.44 bits per heavy atom. The Morgan fingerprint density at radius 2 is 1.85 bits per heavy atom. The van der Waals surface area contributed by atoms with Gasteiger partial charge in [-0.1, -0.05) is 12.1 Å². The van der Waals surface area contributed by atoms with Crippen LogP contribution in [0.5, 0.6) is 5.75 Å². The highest BCUT2D eigenvalue weighted by Crippen LogP contribution is 2.15. The second-order valence-electron chi connectivity index (χ2n) is 5.53. The fraction of sp³-hybridized carbons (Fsp3) is 0.294. The largest absolute Gasteiger partial charge is 0.451 e. The van der Waals surface area contributed by atoms with Crippen molar-refractivity contribution < 1.29 is 27.8 Å². The number of carbonyl (C=O) groups excluding carboxylic acids is 2. The third-order valence-corrected chi connectivity index (χ3v) is 3.49. The highest BCUT2D eigenvalue weighted by molar-refractivity contribution is 5.89. The topological polar surface area (TPSA) is 90.7 Å². The van der Waals surface area contributed by atoms with Gasteiger partial charge in [0.25, 0.3) is 11.5 Å². The van der Waals surface area contributed by atoms with Crippen LogP contribution in [-0.4, -0.2) is 46.8 Å². The van der Waals surface area contributed by atoms with E-state index in [2.05, 4.69) is 9.84 Å². The lowest BCUT2D eigenvalue weighted by atomic mass is 10.2. The molecule has 8 nitrogen and oxygen atoms in total. The molecule has 1 heterocycles. The highest BCUT2D eigenvalue weighted by atomic mass is 19.3. The zero-order valence-electron chi connectivity index (χ0n) is 14.6. The van der Waals surface area contributed by atoms with Crippen LogP contribution in [-0.2, 0) is 23.1 Å². The van der Waals surface area contributed by atoms with Gasteiger partial charge in [-0.2, -0.15) is 13.9 Å². The lowest BCUT2D eigenvalue weighted by molar-refractivity contribution is -0.133. The lowest BCUT2D eigenvalue weighted by Gasteiger charge is -2.17. The van der Waals surface area contributed by atoms with Gasteiger partial charge in [0.15, 0.2) is 12.3 Å². The molecule has 27 heavy (non-hydrogen) atoms. The van der Waals surface area contributed by atoms with Crippen LogP contribution in [0.4, 0.5) is 8.78 Å². The zero-order chi connectivity index (χ0) is 20.0. The van der Waals surface area contributed by atoms with Gasteiger partial charge in [0.05, 0.1) is 0 Å². The first-order valence-electron chi connectivity index (χ1n) is 7.75. The molecule has 0 N–H and O–H groups in total. The van der Waals surface area contributed by atoms with Crippen LogP contribution in [0.3, 0.4) is 0 Å². The summed E-state index contributed by atoms with van der Waals surface area (Å²) in [6, 6.07) is 8.20. The van der Waals surface area contributed by atoms with Gasteiger partial charge in [0.2, 0.25) is 0 Å². The standard InChI is InChI=1S/C17H17F2N3O5/c1-21(9-11-3-5-12(6-4-11)27-17(18)19)15(24)10-26-16(25)13-7-8-14(23)22(2)20-13/h3-8,17H,9-10H2,1-2H3. The number of nitrogens with zero attached hydrogens (tertiary/aromatic N) is 3. The second kappa shape index (κ2) is 8.88. The minimum atomic E-state index is -2.91. The average Bonchev–Trinajstić information content (AvgIpc) is 2.62. The fourth-order valence-electron chi connectivity index (χ4n) is 2.06. The molecule has 0 aliphatic carbocycles. The number of hydrogen-bond acceptors (Lipinski definition) is 6. The number of aromatic nitrogens is 2. The molecule has 2 aromatic rings. The molecule has 2 rings (SSSR count). The van der Waals surface area contributed by atoms with Crippen molar-refractivity contribution in [3.05, 3.63) is 58.0 Å². The van der Waals surface area contributed by atoms with Crippen molar-refractivity contribution in [3.63, 3.8) is 0 Å². The number of halogens is 2. The molecule has 0 spiro atoms. The Balaban J connectivity index is 1.86. The van der Waals surface area contributed by atoms with Crippen LogP contribution >= 0.6 is 0 Å². The van der Waals surface area contributed by atoms with E-state index in [-0.39, 0.29) is 23.5 Å². The molecule has 1 aromatic heterocycles. The summed E-state index contributed by atoms with van der Waals surface area (Å²) >= 11 is 0. The number of benzene rings is 1. The van der Waals surface area contributed by atoms with Crippen molar-refractivity contribution in [1.29, 1.82) is 0 Å². The predicted molar refractivity (Wildman–Crippen MR) is 89.3 cm³/mol. The van der Waals surface area contributed by atoms with Crippen molar-refractivity contribution in [3.8, 4) is 5.75 Å². The molecular weight excluding hydrogens is 364 g/mol.